The lowest BCUT2D eigenvalue weighted by molar-refractivity contribution is 0.357. The number of nitrogens with one attached hydrogen (secondary N) is 2. The minimum Gasteiger partial charge on any atom is -0.313 e. The fourth-order valence-corrected chi connectivity index (χ4v) is 3.01. The summed E-state index contributed by atoms with van der Waals surface area (Å²) in [7, 11) is 0. The van der Waals surface area contributed by atoms with Crippen LogP contribution in [0.5, 0.6) is 0 Å². The van der Waals surface area contributed by atoms with Crippen molar-refractivity contribution < 1.29 is 0 Å². The third kappa shape index (κ3) is 3.12. The summed E-state index contributed by atoms with van der Waals surface area (Å²) in [6.45, 7) is 2.32. The van der Waals surface area contributed by atoms with Gasteiger partial charge in [0.25, 0.3) is 0 Å². The second kappa shape index (κ2) is 5.85. The van der Waals surface area contributed by atoms with E-state index in [2.05, 4.69) is 41.0 Å². The quantitative estimate of drug-likeness (QED) is 0.832. The molecule has 2 atom stereocenters. The van der Waals surface area contributed by atoms with E-state index >= 15 is 0 Å². The maximum absolute atomic E-state index is 3.81. The van der Waals surface area contributed by atoms with Crippen LogP contribution in [0.1, 0.15) is 43.7 Å². The monoisotopic (exact) mass is 244 g/mol. The molecule has 1 aliphatic carbocycles. The van der Waals surface area contributed by atoms with Crippen molar-refractivity contribution in [2.75, 3.05) is 13.1 Å². The highest BCUT2D eigenvalue weighted by Gasteiger charge is 2.32. The molecular formula is C16H24N2. The van der Waals surface area contributed by atoms with Gasteiger partial charge in [-0.2, -0.15) is 0 Å². The Morgan fingerprint density at radius 1 is 1.11 bits per heavy atom. The molecule has 3 rings (SSSR count). The van der Waals surface area contributed by atoms with Gasteiger partial charge in [0.2, 0.25) is 0 Å². The first-order chi connectivity index (χ1) is 8.93. The van der Waals surface area contributed by atoms with Crippen LogP contribution in [0.15, 0.2) is 30.3 Å². The Labute approximate surface area is 110 Å². The SMILES string of the molecule is c1ccc(C(NCC2CCCCN2)C2CC2)cc1. The molecule has 1 aromatic rings. The van der Waals surface area contributed by atoms with Gasteiger partial charge in [0.1, 0.15) is 0 Å². The van der Waals surface area contributed by atoms with E-state index in [9.17, 15) is 0 Å². The van der Waals surface area contributed by atoms with E-state index in [-0.39, 0.29) is 0 Å². The fourth-order valence-electron chi connectivity index (χ4n) is 3.01. The molecular weight excluding hydrogens is 220 g/mol. The van der Waals surface area contributed by atoms with Crippen LogP contribution in [-0.4, -0.2) is 19.1 Å². The van der Waals surface area contributed by atoms with Crippen molar-refractivity contribution in [2.45, 2.75) is 44.2 Å². The highest BCUT2D eigenvalue weighted by Crippen LogP contribution is 2.40. The van der Waals surface area contributed by atoms with Gasteiger partial charge in [-0.3, -0.25) is 0 Å². The van der Waals surface area contributed by atoms with E-state index in [0.29, 0.717) is 12.1 Å². The lowest BCUT2D eigenvalue weighted by Gasteiger charge is -2.27. The lowest BCUT2D eigenvalue weighted by Crippen LogP contribution is -2.43. The molecule has 0 bridgehead atoms. The molecule has 2 unspecified atom stereocenters. The summed E-state index contributed by atoms with van der Waals surface area (Å²) in [4.78, 5) is 0. The first-order valence-electron chi connectivity index (χ1n) is 7.45. The number of hydrogen-bond acceptors (Lipinski definition) is 2. The molecule has 1 saturated carbocycles. The van der Waals surface area contributed by atoms with Crippen molar-refractivity contribution in [2.24, 2.45) is 5.92 Å². The summed E-state index contributed by atoms with van der Waals surface area (Å²) in [5.74, 6) is 0.871. The van der Waals surface area contributed by atoms with Gasteiger partial charge in [-0.25, -0.2) is 0 Å². The van der Waals surface area contributed by atoms with E-state index in [4.69, 9.17) is 0 Å². The molecule has 18 heavy (non-hydrogen) atoms. The zero-order valence-electron chi connectivity index (χ0n) is 11.1. The Hall–Kier alpha value is -0.860. The topological polar surface area (TPSA) is 24.1 Å². The summed E-state index contributed by atoms with van der Waals surface area (Å²) in [5.41, 5.74) is 1.47. The molecule has 0 radical (unpaired) electrons. The van der Waals surface area contributed by atoms with Crippen molar-refractivity contribution in [1.29, 1.82) is 0 Å². The highest BCUT2D eigenvalue weighted by molar-refractivity contribution is 5.21. The number of benzene rings is 1. The highest BCUT2D eigenvalue weighted by atomic mass is 15.0. The maximum atomic E-state index is 3.81. The Kier molecular flexibility index (Phi) is 3.96. The van der Waals surface area contributed by atoms with Gasteiger partial charge in [0, 0.05) is 18.6 Å². The van der Waals surface area contributed by atoms with Gasteiger partial charge in [-0.1, -0.05) is 36.8 Å². The zero-order valence-corrected chi connectivity index (χ0v) is 11.1. The average Bonchev–Trinajstić information content (AvgIpc) is 3.26. The molecule has 0 amide bonds. The Morgan fingerprint density at radius 2 is 1.94 bits per heavy atom. The lowest BCUT2D eigenvalue weighted by atomic mass is 10.0. The van der Waals surface area contributed by atoms with Gasteiger partial charge in [0.15, 0.2) is 0 Å². The first-order valence-corrected chi connectivity index (χ1v) is 7.45. The fraction of sp³-hybridized carbons (Fsp3) is 0.625. The van der Waals surface area contributed by atoms with E-state index in [1.54, 1.807) is 0 Å². The minimum atomic E-state index is 0.579. The van der Waals surface area contributed by atoms with Crippen LogP contribution in [-0.2, 0) is 0 Å². The zero-order chi connectivity index (χ0) is 12.2. The second-order valence-corrected chi connectivity index (χ2v) is 5.78. The predicted molar refractivity (Wildman–Crippen MR) is 75.6 cm³/mol. The second-order valence-electron chi connectivity index (χ2n) is 5.78. The van der Waals surface area contributed by atoms with Crippen molar-refractivity contribution >= 4 is 0 Å². The van der Waals surface area contributed by atoms with Gasteiger partial charge < -0.3 is 10.6 Å². The van der Waals surface area contributed by atoms with E-state index in [1.165, 1.54) is 44.2 Å². The normalized spacial score (nSPS) is 25.9. The van der Waals surface area contributed by atoms with Crippen LogP contribution in [0.4, 0.5) is 0 Å². The standard InChI is InChI=1S/C16H24N2/c1-2-6-13(7-3-1)16(14-9-10-14)18-12-15-8-4-5-11-17-15/h1-3,6-7,14-18H,4-5,8-12H2. The van der Waals surface area contributed by atoms with E-state index in [1.807, 2.05) is 0 Å². The van der Waals surface area contributed by atoms with Crippen molar-refractivity contribution in [1.82, 2.24) is 10.6 Å². The number of rotatable bonds is 5. The third-order valence-corrected chi connectivity index (χ3v) is 4.25. The van der Waals surface area contributed by atoms with Crippen LogP contribution in [0.2, 0.25) is 0 Å². The molecule has 1 heterocycles. The van der Waals surface area contributed by atoms with Crippen molar-refractivity contribution in [3.05, 3.63) is 35.9 Å². The first kappa shape index (κ1) is 12.2. The molecule has 2 heteroatoms. The molecule has 1 aromatic carbocycles. The summed E-state index contributed by atoms with van der Waals surface area (Å²) in [5, 5.41) is 7.43. The predicted octanol–water partition coefficient (Wildman–Crippen LogP) is 2.87. The maximum Gasteiger partial charge on any atom is 0.0349 e. The van der Waals surface area contributed by atoms with Gasteiger partial charge in [-0.15, -0.1) is 0 Å². The number of piperidine rings is 1. The Morgan fingerprint density at radius 3 is 2.61 bits per heavy atom. The average molecular weight is 244 g/mol. The van der Waals surface area contributed by atoms with E-state index < -0.39 is 0 Å². The Bertz CT molecular complexity index is 353. The van der Waals surface area contributed by atoms with Crippen molar-refractivity contribution in [3.8, 4) is 0 Å². The molecule has 0 aromatic heterocycles. The van der Waals surface area contributed by atoms with Gasteiger partial charge in [-0.05, 0) is 43.7 Å². The number of hydrogen-bond donors (Lipinski definition) is 2. The molecule has 2 N–H and O–H groups in total. The van der Waals surface area contributed by atoms with Gasteiger partial charge >= 0.3 is 0 Å². The molecule has 2 aliphatic rings. The van der Waals surface area contributed by atoms with Crippen LogP contribution < -0.4 is 10.6 Å². The Balaban J connectivity index is 1.57. The summed E-state index contributed by atoms with van der Waals surface area (Å²) in [6, 6.07) is 12.2. The van der Waals surface area contributed by atoms with Gasteiger partial charge in [0.05, 0.1) is 0 Å². The minimum absolute atomic E-state index is 0.579. The summed E-state index contributed by atoms with van der Waals surface area (Å²) < 4.78 is 0. The van der Waals surface area contributed by atoms with Crippen LogP contribution >= 0.6 is 0 Å². The molecule has 0 spiro atoms. The van der Waals surface area contributed by atoms with Crippen molar-refractivity contribution in [3.63, 3.8) is 0 Å². The largest absolute Gasteiger partial charge is 0.313 e. The molecule has 2 fully saturated rings. The van der Waals surface area contributed by atoms with E-state index in [0.717, 1.165) is 12.5 Å². The molecule has 1 aliphatic heterocycles. The molecule has 98 valence electrons. The van der Waals surface area contributed by atoms with Crippen LogP contribution in [0.25, 0.3) is 0 Å². The molecule has 2 nitrogen and oxygen atoms in total. The van der Waals surface area contributed by atoms with Crippen LogP contribution in [0, 0.1) is 5.92 Å². The summed E-state index contributed by atoms with van der Waals surface area (Å²) >= 11 is 0. The smallest absolute Gasteiger partial charge is 0.0349 e. The third-order valence-electron chi connectivity index (χ3n) is 4.25. The molecule has 1 saturated heterocycles. The summed E-state index contributed by atoms with van der Waals surface area (Å²) in [6.07, 6.45) is 6.86. The van der Waals surface area contributed by atoms with Crippen LogP contribution in [0.3, 0.4) is 0 Å².